The average molecular weight is 279 g/mol. The molecule has 2 heterocycles. The van der Waals surface area contributed by atoms with Crippen molar-refractivity contribution in [3.63, 3.8) is 0 Å². The number of hydrogen-bond donors (Lipinski definition) is 0. The predicted octanol–water partition coefficient (Wildman–Crippen LogP) is 3.49. The maximum Gasteiger partial charge on any atom is 0.373 e. The van der Waals surface area contributed by atoms with Crippen LogP contribution in [0.1, 0.15) is 56.5 Å². The van der Waals surface area contributed by atoms with Crippen LogP contribution in [0.2, 0.25) is 0 Å². The van der Waals surface area contributed by atoms with Crippen LogP contribution in [0.4, 0.5) is 0 Å². The second-order valence-corrected chi connectivity index (χ2v) is 6.13. The van der Waals surface area contributed by atoms with Crippen LogP contribution in [0.3, 0.4) is 0 Å². The summed E-state index contributed by atoms with van der Waals surface area (Å²) in [5, 5.41) is 0. The Bertz CT molecular complexity index is 468. The lowest BCUT2D eigenvalue weighted by atomic mass is 9.85. The molecule has 0 bridgehead atoms. The Morgan fingerprint density at radius 3 is 2.75 bits per heavy atom. The standard InChI is InChI=1S/C16H25NO3/c1-10-8-11(2)12(3)17(9-10)13(4)14-6-7-15(20-14)16(18)19-5/h6-7,10-13H,8-9H2,1-5H3. The molecule has 4 atom stereocenters. The predicted molar refractivity (Wildman–Crippen MR) is 77.6 cm³/mol. The number of esters is 1. The molecule has 0 spiro atoms. The van der Waals surface area contributed by atoms with Gasteiger partial charge in [-0.1, -0.05) is 13.8 Å². The molecule has 0 saturated carbocycles. The van der Waals surface area contributed by atoms with E-state index >= 15 is 0 Å². The highest BCUT2D eigenvalue weighted by Crippen LogP contribution is 2.34. The number of furan rings is 1. The fourth-order valence-electron chi connectivity index (χ4n) is 3.22. The zero-order chi connectivity index (χ0) is 14.9. The number of methoxy groups -OCH3 is 1. The van der Waals surface area contributed by atoms with Crippen LogP contribution in [-0.4, -0.2) is 30.6 Å². The minimum atomic E-state index is -0.420. The molecule has 0 N–H and O–H groups in total. The number of piperidine rings is 1. The summed E-state index contributed by atoms with van der Waals surface area (Å²) in [5.41, 5.74) is 0. The molecule has 0 aromatic carbocycles. The first-order valence-electron chi connectivity index (χ1n) is 7.37. The van der Waals surface area contributed by atoms with Crippen molar-refractivity contribution in [3.05, 3.63) is 23.7 Å². The fourth-order valence-corrected chi connectivity index (χ4v) is 3.22. The summed E-state index contributed by atoms with van der Waals surface area (Å²) < 4.78 is 10.3. The van der Waals surface area contributed by atoms with Crippen LogP contribution in [0.5, 0.6) is 0 Å². The molecular weight excluding hydrogens is 254 g/mol. The first kappa shape index (κ1) is 15.1. The summed E-state index contributed by atoms with van der Waals surface area (Å²) in [7, 11) is 1.37. The zero-order valence-electron chi connectivity index (χ0n) is 13.1. The maximum atomic E-state index is 11.5. The average Bonchev–Trinajstić information content (AvgIpc) is 2.90. The third kappa shape index (κ3) is 2.90. The van der Waals surface area contributed by atoms with Gasteiger partial charge in [-0.2, -0.15) is 0 Å². The molecule has 20 heavy (non-hydrogen) atoms. The number of carbonyl (C=O) groups is 1. The van der Waals surface area contributed by atoms with Gasteiger partial charge in [0.2, 0.25) is 5.76 Å². The second kappa shape index (κ2) is 6.00. The summed E-state index contributed by atoms with van der Waals surface area (Å²) >= 11 is 0. The second-order valence-electron chi connectivity index (χ2n) is 6.13. The normalized spacial score (nSPS) is 29.1. The first-order valence-corrected chi connectivity index (χ1v) is 7.37. The highest BCUT2D eigenvalue weighted by atomic mass is 16.5. The van der Waals surface area contributed by atoms with E-state index < -0.39 is 5.97 Å². The van der Waals surface area contributed by atoms with Gasteiger partial charge >= 0.3 is 5.97 Å². The molecule has 1 fully saturated rings. The topological polar surface area (TPSA) is 42.7 Å². The molecule has 2 rings (SSSR count). The van der Waals surface area contributed by atoms with Crippen LogP contribution >= 0.6 is 0 Å². The Labute approximate surface area is 121 Å². The molecule has 0 radical (unpaired) electrons. The van der Waals surface area contributed by atoms with Crippen LogP contribution in [0, 0.1) is 11.8 Å². The van der Waals surface area contributed by atoms with Crippen LogP contribution in [0.25, 0.3) is 0 Å². The van der Waals surface area contributed by atoms with E-state index in [-0.39, 0.29) is 11.8 Å². The molecule has 4 unspecified atom stereocenters. The first-order chi connectivity index (χ1) is 9.43. The zero-order valence-corrected chi connectivity index (χ0v) is 13.1. The van der Waals surface area contributed by atoms with Crippen molar-refractivity contribution in [3.8, 4) is 0 Å². The van der Waals surface area contributed by atoms with Crippen molar-refractivity contribution >= 4 is 5.97 Å². The van der Waals surface area contributed by atoms with E-state index in [1.807, 2.05) is 6.07 Å². The van der Waals surface area contributed by atoms with Gasteiger partial charge in [0.25, 0.3) is 0 Å². The number of nitrogens with zero attached hydrogens (tertiary/aromatic N) is 1. The number of hydrogen-bond acceptors (Lipinski definition) is 4. The largest absolute Gasteiger partial charge is 0.463 e. The fraction of sp³-hybridized carbons (Fsp3) is 0.688. The van der Waals surface area contributed by atoms with E-state index in [4.69, 9.17) is 4.42 Å². The highest BCUT2D eigenvalue weighted by molar-refractivity contribution is 5.86. The summed E-state index contributed by atoms with van der Waals surface area (Å²) in [6.45, 7) is 10.1. The Morgan fingerprint density at radius 1 is 1.40 bits per heavy atom. The van der Waals surface area contributed by atoms with Gasteiger partial charge in [0.05, 0.1) is 13.2 Å². The van der Waals surface area contributed by atoms with Crippen molar-refractivity contribution in [1.29, 1.82) is 0 Å². The maximum absolute atomic E-state index is 11.5. The van der Waals surface area contributed by atoms with E-state index in [0.29, 0.717) is 17.9 Å². The quantitative estimate of drug-likeness (QED) is 0.794. The van der Waals surface area contributed by atoms with Gasteiger partial charge in [-0.05, 0) is 44.2 Å². The Balaban J connectivity index is 2.15. The number of likely N-dealkylation sites (tertiary alicyclic amines) is 1. The molecule has 1 aromatic rings. The highest BCUT2D eigenvalue weighted by Gasteiger charge is 2.33. The van der Waals surface area contributed by atoms with Crippen molar-refractivity contribution < 1.29 is 13.9 Å². The summed E-state index contributed by atoms with van der Waals surface area (Å²) in [4.78, 5) is 13.9. The van der Waals surface area contributed by atoms with Crippen LogP contribution in [0.15, 0.2) is 16.5 Å². The molecular formula is C16H25NO3. The molecule has 112 valence electrons. The number of ether oxygens (including phenoxy) is 1. The van der Waals surface area contributed by atoms with Crippen LogP contribution < -0.4 is 0 Å². The number of carbonyl (C=O) groups excluding carboxylic acids is 1. The molecule has 1 saturated heterocycles. The molecule has 1 aliphatic heterocycles. The Kier molecular flexibility index (Phi) is 4.53. The number of rotatable bonds is 3. The molecule has 0 amide bonds. The Hall–Kier alpha value is -1.29. The van der Waals surface area contributed by atoms with Crippen molar-refractivity contribution in [1.82, 2.24) is 4.90 Å². The van der Waals surface area contributed by atoms with E-state index in [1.54, 1.807) is 6.07 Å². The van der Waals surface area contributed by atoms with E-state index in [0.717, 1.165) is 12.3 Å². The van der Waals surface area contributed by atoms with Crippen molar-refractivity contribution in [2.24, 2.45) is 11.8 Å². The molecule has 4 heteroatoms. The van der Waals surface area contributed by atoms with Gasteiger partial charge in [0.15, 0.2) is 0 Å². The minimum Gasteiger partial charge on any atom is -0.463 e. The van der Waals surface area contributed by atoms with E-state index in [1.165, 1.54) is 13.5 Å². The Morgan fingerprint density at radius 2 is 2.10 bits per heavy atom. The van der Waals surface area contributed by atoms with Gasteiger partial charge in [-0.15, -0.1) is 0 Å². The van der Waals surface area contributed by atoms with Crippen molar-refractivity contribution in [2.45, 2.75) is 46.2 Å². The summed E-state index contributed by atoms with van der Waals surface area (Å²) in [6, 6.07) is 4.27. The lowest BCUT2D eigenvalue weighted by molar-refractivity contribution is 0.0364. The van der Waals surface area contributed by atoms with E-state index in [9.17, 15) is 4.79 Å². The van der Waals surface area contributed by atoms with Crippen LogP contribution in [-0.2, 0) is 4.74 Å². The third-order valence-corrected chi connectivity index (χ3v) is 4.57. The molecule has 1 aliphatic rings. The van der Waals surface area contributed by atoms with Crippen molar-refractivity contribution in [2.75, 3.05) is 13.7 Å². The smallest absolute Gasteiger partial charge is 0.373 e. The molecule has 4 nitrogen and oxygen atoms in total. The molecule has 0 aliphatic carbocycles. The summed E-state index contributed by atoms with van der Waals surface area (Å²) in [5.74, 6) is 2.06. The van der Waals surface area contributed by atoms with Gasteiger partial charge in [-0.3, -0.25) is 4.90 Å². The summed E-state index contributed by atoms with van der Waals surface area (Å²) in [6.07, 6.45) is 1.27. The lowest BCUT2D eigenvalue weighted by Gasteiger charge is -2.43. The monoisotopic (exact) mass is 279 g/mol. The third-order valence-electron chi connectivity index (χ3n) is 4.57. The van der Waals surface area contributed by atoms with Gasteiger partial charge in [0, 0.05) is 12.6 Å². The van der Waals surface area contributed by atoms with Gasteiger partial charge in [0.1, 0.15) is 5.76 Å². The molecule has 1 aromatic heterocycles. The lowest BCUT2D eigenvalue weighted by Crippen LogP contribution is -2.46. The SMILES string of the molecule is COC(=O)c1ccc(C(C)N2CC(C)CC(C)C2C)o1. The minimum absolute atomic E-state index is 0.175. The van der Waals surface area contributed by atoms with Gasteiger partial charge in [-0.25, -0.2) is 4.79 Å². The van der Waals surface area contributed by atoms with E-state index in [2.05, 4.69) is 37.3 Å². The van der Waals surface area contributed by atoms with Gasteiger partial charge < -0.3 is 9.15 Å².